The van der Waals surface area contributed by atoms with Gasteiger partial charge in [-0.25, -0.2) is 4.79 Å². The molecule has 0 bridgehead atoms. The minimum absolute atomic E-state index is 0.233. The van der Waals surface area contributed by atoms with Crippen molar-refractivity contribution in [3.63, 3.8) is 0 Å². The monoisotopic (exact) mass is 303 g/mol. The van der Waals surface area contributed by atoms with Crippen LogP contribution >= 0.6 is 0 Å². The van der Waals surface area contributed by atoms with Gasteiger partial charge in [-0.05, 0) is 31.0 Å². The number of urea groups is 1. The summed E-state index contributed by atoms with van der Waals surface area (Å²) in [6, 6.07) is 6.97. The van der Waals surface area contributed by atoms with E-state index in [9.17, 15) is 4.79 Å². The predicted octanol–water partition coefficient (Wildman–Crippen LogP) is 2.65. The highest BCUT2D eigenvalue weighted by Gasteiger charge is 2.18. The number of methoxy groups -OCH3 is 1. The van der Waals surface area contributed by atoms with Gasteiger partial charge in [0.15, 0.2) is 0 Å². The number of amides is 2. The van der Waals surface area contributed by atoms with Crippen LogP contribution in [-0.4, -0.2) is 32.4 Å². The molecule has 0 unspecified atom stereocenters. The Morgan fingerprint density at radius 1 is 1.36 bits per heavy atom. The van der Waals surface area contributed by atoms with Crippen molar-refractivity contribution in [3.8, 4) is 11.8 Å². The number of nitrogens with one attached hydrogen (secondary N) is 2. The first-order valence-electron chi connectivity index (χ1n) is 7.46. The smallest absolute Gasteiger partial charge is 0.319 e. The molecule has 2 N–H and O–H groups in total. The summed E-state index contributed by atoms with van der Waals surface area (Å²) < 4.78 is 10.5. The van der Waals surface area contributed by atoms with Crippen molar-refractivity contribution < 1.29 is 14.3 Å². The SMILES string of the molecule is COCCOc1ccc(C#N)cc1NC(=O)NC1CCCC1. The van der Waals surface area contributed by atoms with Crippen LogP contribution < -0.4 is 15.4 Å². The van der Waals surface area contributed by atoms with E-state index in [0.29, 0.717) is 30.2 Å². The van der Waals surface area contributed by atoms with Crippen LogP contribution in [0.25, 0.3) is 0 Å². The van der Waals surface area contributed by atoms with Crippen LogP contribution in [0.3, 0.4) is 0 Å². The van der Waals surface area contributed by atoms with Gasteiger partial charge in [-0.15, -0.1) is 0 Å². The van der Waals surface area contributed by atoms with Crippen molar-refractivity contribution in [3.05, 3.63) is 23.8 Å². The van der Waals surface area contributed by atoms with Crippen LogP contribution in [0.2, 0.25) is 0 Å². The highest BCUT2D eigenvalue weighted by molar-refractivity contribution is 5.91. The summed E-state index contributed by atoms with van der Waals surface area (Å²) >= 11 is 0. The minimum Gasteiger partial charge on any atom is -0.489 e. The molecule has 6 heteroatoms. The number of benzene rings is 1. The summed E-state index contributed by atoms with van der Waals surface area (Å²) in [5.41, 5.74) is 0.959. The normalized spacial score (nSPS) is 14.4. The summed E-state index contributed by atoms with van der Waals surface area (Å²) in [5.74, 6) is 0.526. The topological polar surface area (TPSA) is 83.4 Å². The van der Waals surface area contributed by atoms with Gasteiger partial charge in [-0.2, -0.15) is 5.26 Å². The summed E-state index contributed by atoms with van der Waals surface area (Å²) in [7, 11) is 1.59. The van der Waals surface area contributed by atoms with Crippen molar-refractivity contribution in [1.82, 2.24) is 5.32 Å². The molecule has 6 nitrogen and oxygen atoms in total. The van der Waals surface area contributed by atoms with Crippen LogP contribution in [0.1, 0.15) is 31.2 Å². The van der Waals surface area contributed by atoms with Crippen LogP contribution in [0.5, 0.6) is 5.75 Å². The van der Waals surface area contributed by atoms with Gasteiger partial charge < -0.3 is 20.1 Å². The van der Waals surface area contributed by atoms with Gasteiger partial charge in [0.1, 0.15) is 12.4 Å². The Morgan fingerprint density at radius 3 is 2.82 bits per heavy atom. The zero-order chi connectivity index (χ0) is 15.8. The van der Waals surface area contributed by atoms with Crippen molar-refractivity contribution in [1.29, 1.82) is 5.26 Å². The highest BCUT2D eigenvalue weighted by Crippen LogP contribution is 2.26. The molecule has 1 aliphatic carbocycles. The van der Waals surface area contributed by atoms with E-state index in [2.05, 4.69) is 16.7 Å². The third kappa shape index (κ3) is 4.64. The van der Waals surface area contributed by atoms with Crippen molar-refractivity contribution >= 4 is 11.7 Å². The van der Waals surface area contributed by atoms with Crippen molar-refractivity contribution in [2.24, 2.45) is 0 Å². The molecule has 0 radical (unpaired) electrons. The van der Waals surface area contributed by atoms with Crippen LogP contribution in [0.15, 0.2) is 18.2 Å². The van der Waals surface area contributed by atoms with Gasteiger partial charge in [0.05, 0.1) is 23.9 Å². The zero-order valence-electron chi connectivity index (χ0n) is 12.7. The molecule has 0 aliphatic heterocycles. The van der Waals surface area contributed by atoms with E-state index in [4.69, 9.17) is 14.7 Å². The van der Waals surface area contributed by atoms with E-state index in [0.717, 1.165) is 25.7 Å². The molecule has 2 amide bonds. The average Bonchev–Trinajstić information content (AvgIpc) is 3.01. The summed E-state index contributed by atoms with van der Waals surface area (Å²) in [6.07, 6.45) is 4.34. The molecule has 1 fully saturated rings. The first-order valence-corrected chi connectivity index (χ1v) is 7.46. The second kappa shape index (κ2) is 8.25. The fourth-order valence-corrected chi connectivity index (χ4v) is 2.47. The van der Waals surface area contributed by atoms with Gasteiger partial charge >= 0.3 is 6.03 Å². The molecular formula is C16H21N3O3. The van der Waals surface area contributed by atoms with Crippen molar-refractivity contribution in [2.45, 2.75) is 31.7 Å². The summed E-state index contributed by atoms with van der Waals surface area (Å²) in [5, 5.41) is 14.7. The van der Waals surface area contributed by atoms with Gasteiger partial charge in [0.2, 0.25) is 0 Å². The molecule has 0 heterocycles. The number of anilines is 1. The Kier molecular flexibility index (Phi) is 6.04. The number of nitrogens with zero attached hydrogens (tertiary/aromatic N) is 1. The Hall–Kier alpha value is -2.26. The predicted molar refractivity (Wildman–Crippen MR) is 82.9 cm³/mol. The number of rotatable bonds is 6. The first-order chi connectivity index (χ1) is 10.7. The Balaban J connectivity index is 2.02. The third-order valence-electron chi connectivity index (χ3n) is 3.59. The summed E-state index contributed by atoms with van der Waals surface area (Å²) in [4.78, 5) is 12.1. The minimum atomic E-state index is -0.265. The maximum absolute atomic E-state index is 12.1. The molecule has 1 saturated carbocycles. The molecule has 118 valence electrons. The molecule has 0 aromatic heterocycles. The first kappa shape index (κ1) is 16.1. The van der Waals surface area contributed by atoms with Gasteiger partial charge in [-0.1, -0.05) is 12.8 Å². The number of hydrogen-bond donors (Lipinski definition) is 2. The zero-order valence-corrected chi connectivity index (χ0v) is 12.7. The number of hydrogen-bond acceptors (Lipinski definition) is 4. The summed E-state index contributed by atoms with van der Waals surface area (Å²) in [6.45, 7) is 0.828. The lowest BCUT2D eigenvalue weighted by atomic mass is 10.2. The van der Waals surface area contributed by atoms with E-state index in [1.54, 1.807) is 25.3 Å². The molecule has 0 spiro atoms. The Bertz CT molecular complexity index is 548. The van der Waals surface area contributed by atoms with Gasteiger partial charge in [0, 0.05) is 13.2 Å². The maximum atomic E-state index is 12.1. The van der Waals surface area contributed by atoms with Crippen LogP contribution in [-0.2, 0) is 4.74 Å². The molecule has 1 aromatic carbocycles. The third-order valence-corrected chi connectivity index (χ3v) is 3.59. The van der Waals surface area contributed by atoms with E-state index >= 15 is 0 Å². The molecule has 1 aliphatic rings. The number of carbonyl (C=O) groups is 1. The van der Waals surface area contributed by atoms with E-state index < -0.39 is 0 Å². The second-order valence-corrected chi connectivity index (χ2v) is 5.24. The molecule has 22 heavy (non-hydrogen) atoms. The van der Waals surface area contributed by atoms with Crippen LogP contribution in [0, 0.1) is 11.3 Å². The van der Waals surface area contributed by atoms with Gasteiger partial charge in [0.25, 0.3) is 0 Å². The Labute approximate surface area is 130 Å². The number of carbonyl (C=O) groups excluding carboxylic acids is 1. The van der Waals surface area contributed by atoms with E-state index in [1.165, 1.54) is 0 Å². The maximum Gasteiger partial charge on any atom is 0.319 e. The standard InChI is InChI=1S/C16H21N3O3/c1-21-8-9-22-15-7-6-12(11-17)10-14(15)19-16(20)18-13-4-2-3-5-13/h6-7,10,13H,2-5,8-9H2,1H3,(H2,18,19,20). The lowest BCUT2D eigenvalue weighted by Gasteiger charge is -2.16. The molecular weight excluding hydrogens is 282 g/mol. The van der Waals surface area contributed by atoms with E-state index in [1.807, 2.05) is 0 Å². The van der Waals surface area contributed by atoms with Crippen molar-refractivity contribution in [2.75, 3.05) is 25.6 Å². The number of ether oxygens (including phenoxy) is 2. The quantitative estimate of drug-likeness (QED) is 0.791. The molecule has 0 atom stereocenters. The average molecular weight is 303 g/mol. The lowest BCUT2D eigenvalue weighted by molar-refractivity contribution is 0.146. The molecule has 2 rings (SSSR count). The Morgan fingerprint density at radius 2 is 2.14 bits per heavy atom. The fraction of sp³-hybridized carbons (Fsp3) is 0.500. The fourth-order valence-electron chi connectivity index (χ4n) is 2.47. The van der Waals surface area contributed by atoms with E-state index in [-0.39, 0.29) is 12.1 Å². The molecule has 0 saturated heterocycles. The largest absolute Gasteiger partial charge is 0.489 e. The lowest BCUT2D eigenvalue weighted by Crippen LogP contribution is -2.36. The van der Waals surface area contributed by atoms with Gasteiger partial charge in [-0.3, -0.25) is 0 Å². The molecule has 1 aromatic rings. The second-order valence-electron chi connectivity index (χ2n) is 5.24. The highest BCUT2D eigenvalue weighted by atomic mass is 16.5. The number of nitriles is 1. The van der Waals surface area contributed by atoms with Crippen LogP contribution in [0.4, 0.5) is 10.5 Å².